The van der Waals surface area contributed by atoms with E-state index in [1.807, 2.05) is 44.2 Å². The number of hydrogen-bond donors (Lipinski definition) is 0. The first kappa shape index (κ1) is 10.0. The Hall–Kier alpha value is -2.06. The quantitative estimate of drug-likeness (QED) is 0.627. The molecule has 1 aromatic rings. The predicted molar refractivity (Wildman–Crippen MR) is 55.1 cm³/mol. The Balaban J connectivity index is 3.13. The summed E-state index contributed by atoms with van der Waals surface area (Å²) in [5.41, 5.74) is 3.39. The summed E-state index contributed by atoms with van der Waals surface area (Å²) in [5.74, 6) is 0. The molecule has 0 aliphatic carbocycles. The molecule has 0 spiro atoms. The molecule has 68 valence electrons. The summed E-state index contributed by atoms with van der Waals surface area (Å²) in [4.78, 5) is 0. The van der Waals surface area contributed by atoms with Crippen molar-refractivity contribution in [2.45, 2.75) is 13.8 Å². The molecule has 0 unspecified atom stereocenters. The van der Waals surface area contributed by atoms with Gasteiger partial charge in [-0.2, -0.15) is 10.5 Å². The van der Waals surface area contributed by atoms with Gasteiger partial charge in [-0.15, -0.1) is 0 Å². The van der Waals surface area contributed by atoms with Crippen LogP contribution < -0.4 is 0 Å². The molecular weight excluding hydrogens is 172 g/mol. The van der Waals surface area contributed by atoms with Gasteiger partial charge in [0.1, 0.15) is 17.7 Å². The summed E-state index contributed by atoms with van der Waals surface area (Å²) >= 11 is 0. The molecule has 0 aliphatic rings. The standard InChI is InChI=1S/C12H10N2/c1-9-3-4-11(5-10(9)2)6-12(7-13)8-14/h3-6H,1-2H3. The minimum absolute atomic E-state index is 0.133. The molecule has 2 nitrogen and oxygen atoms in total. The van der Waals surface area contributed by atoms with Crippen molar-refractivity contribution in [3.8, 4) is 12.1 Å². The third-order valence-corrected chi connectivity index (χ3v) is 2.08. The van der Waals surface area contributed by atoms with E-state index in [1.54, 1.807) is 6.08 Å². The fourth-order valence-corrected chi connectivity index (χ4v) is 1.11. The van der Waals surface area contributed by atoms with Crippen LogP contribution >= 0.6 is 0 Å². The summed E-state index contributed by atoms with van der Waals surface area (Å²) < 4.78 is 0. The number of benzene rings is 1. The highest BCUT2D eigenvalue weighted by molar-refractivity contribution is 5.62. The first-order valence-electron chi connectivity index (χ1n) is 4.26. The number of aryl methyl sites for hydroxylation is 2. The lowest BCUT2D eigenvalue weighted by Gasteiger charge is -2.00. The van der Waals surface area contributed by atoms with Gasteiger partial charge in [-0.3, -0.25) is 0 Å². The molecule has 0 aliphatic heterocycles. The Morgan fingerprint density at radius 2 is 1.79 bits per heavy atom. The highest BCUT2D eigenvalue weighted by atomic mass is 14.3. The molecule has 14 heavy (non-hydrogen) atoms. The van der Waals surface area contributed by atoms with Crippen molar-refractivity contribution in [3.63, 3.8) is 0 Å². The number of nitriles is 2. The number of allylic oxidation sites excluding steroid dienone is 1. The molecule has 0 fully saturated rings. The van der Waals surface area contributed by atoms with Gasteiger partial charge in [0.05, 0.1) is 0 Å². The minimum atomic E-state index is 0.133. The van der Waals surface area contributed by atoms with Crippen molar-refractivity contribution in [3.05, 3.63) is 40.5 Å². The van der Waals surface area contributed by atoms with Crippen molar-refractivity contribution in [1.82, 2.24) is 0 Å². The van der Waals surface area contributed by atoms with Gasteiger partial charge in [0, 0.05) is 0 Å². The maximum atomic E-state index is 8.57. The van der Waals surface area contributed by atoms with Gasteiger partial charge in [0.2, 0.25) is 0 Å². The largest absolute Gasteiger partial charge is 0.192 e. The van der Waals surface area contributed by atoms with Crippen molar-refractivity contribution >= 4 is 6.08 Å². The van der Waals surface area contributed by atoms with Crippen LogP contribution in [0, 0.1) is 36.5 Å². The lowest BCUT2D eigenvalue weighted by atomic mass is 10.0. The van der Waals surface area contributed by atoms with Gasteiger partial charge in [0.25, 0.3) is 0 Å². The lowest BCUT2D eigenvalue weighted by Crippen LogP contribution is -1.82. The van der Waals surface area contributed by atoms with Gasteiger partial charge < -0.3 is 0 Å². The summed E-state index contributed by atoms with van der Waals surface area (Å²) in [7, 11) is 0. The van der Waals surface area contributed by atoms with E-state index in [0.29, 0.717) is 0 Å². The summed E-state index contributed by atoms with van der Waals surface area (Å²) in [6.07, 6.45) is 1.59. The lowest BCUT2D eigenvalue weighted by molar-refractivity contribution is 1.33. The molecule has 0 atom stereocenters. The van der Waals surface area contributed by atoms with Crippen LogP contribution in [-0.2, 0) is 0 Å². The molecular formula is C12H10N2. The second kappa shape index (κ2) is 4.25. The number of nitrogens with zero attached hydrogens (tertiary/aromatic N) is 2. The maximum absolute atomic E-state index is 8.57. The van der Waals surface area contributed by atoms with Gasteiger partial charge >= 0.3 is 0 Å². The second-order valence-electron chi connectivity index (χ2n) is 3.13. The van der Waals surface area contributed by atoms with Gasteiger partial charge in [-0.1, -0.05) is 18.2 Å². The van der Waals surface area contributed by atoms with Gasteiger partial charge in [-0.05, 0) is 36.6 Å². The van der Waals surface area contributed by atoms with E-state index in [1.165, 1.54) is 5.56 Å². The van der Waals surface area contributed by atoms with Crippen molar-refractivity contribution in [2.75, 3.05) is 0 Å². The van der Waals surface area contributed by atoms with E-state index < -0.39 is 0 Å². The van der Waals surface area contributed by atoms with E-state index in [0.717, 1.165) is 11.1 Å². The highest BCUT2D eigenvalue weighted by Gasteiger charge is 1.96. The SMILES string of the molecule is Cc1ccc(C=C(C#N)C#N)cc1C. The van der Waals surface area contributed by atoms with Crippen LogP contribution in [0.15, 0.2) is 23.8 Å². The first-order chi connectivity index (χ1) is 6.67. The molecule has 2 heteroatoms. The van der Waals surface area contributed by atoms with Crippen LogP contribution in [0.5, 0.6) is 0 Å². The zero-order valence-corrected chi connectivity index (χ0v) is 8.20. The van der Waals surface area contributed by atoms with Crippen LogP contribution in [0.3, 0.4) is 0 Å². The van der Waals surface area contributed by atoms with E-state index in [9.17, 15) is 0 Å². The van der Waals surface area contributed by atoms with E-state index in [-0.39, 0.29) is 5.57 Å². The van der Waals surface area contributed by atoms with Crippen LogP contribution in [0.4, 0.5) is 0 Å². The fraction of sp³-hybridized carbons (Fsp3) is 0.167. The predicted octanol–water partition coefficient (Wildman–Crippen LogP) is 2.73. The molecule has 1 rings (SSSR count). The molecule has 1 aromatic carbocycles. The average Bonchev–Trinajstić information content (AvgIpc) is 2.19. The topological polar surface area (TPSA) is 47.6 Å². The monoisotopic (exact) mass is 182 g/mol. The van der Waals surface area contributed by atoms with Crippen molar-refractivity contribution in [1.29, 1.82) is 10.5 Å². The van der Waals surface area contributed by atoms with Gasteiger partial charge in [0.15, 0.2) is 0 Å². The summed E-state index contributed by atoms with van der Waals surface area (Å²) in [6.45, 7) is 4.03. The maximum Gasteiger partial charge on any atom is 0.130 e. The Labute approximate surface area is 83.7 Å². The molecule has 0 bridgehead atoms. The number of hydrogen-bond acceptors (Lipinski definition) is 2. The van der Waals surface area contributed by atoms with Crippen molar-refractivity contribution < 1.29 is 0 Å². The van der Waals surface area contributed by atoms with Crippen molar-refractivity contribution in [2.24, 2.45) is 0 Å². The Kier molecular flexibility index (Phi) is 3.05. The molecule has 0 saturated heterocycles. The molecule has 0 heterocycles. The second-order valence-corrected chi connectivity index (χ2v) is 3.13. The number of rotatable bonds is 1. The fourth-order valence-electron chi connectivity index (χ4n) is 1.11. The van der Waals surface area contributed by atoms with Crippen LogP contribution in [0.25, 0.3) is 6.08 Å². The molecule has 0 amide bonds. The summed E-state index contributed by atoms with van der Waals surface area (Å²) in [5, 5.41) is 17.1. The Morgan fingerprint density at radius 1 is 1.14 bits per heavy atom. The molecule has 0 radical (unpaired) electrons. The first-order valence-corrected chi connectivity index (χ1v) is 4.26. The zero-order valence-electron chi connectivity index (χ0n) is 8.20. The third kappa shape index (κ3) is 2.21. The Morgan fingerprint density at radius 3 is 2.29 bits per heavy atom. The molecule has 0 aromatic heterocycles. The van der Waals surface area contributed by atoms with E-state index in [2.05, 4.69) is 0 Å². The Bertz CT molecular complexity index is 440. The smallest absolute Gasteiger partial charge is 0.130 e. The summed E-state index contributed by atoms with van der Waals surface area (Å²) in [6, 6.07) is 9.51. The van der Waals surface area contributed by atoms with Crippen LogP contribution in [0.2, 0.25) is 0 Å². The minimum Gasteiger partial charge on any atom is -0.192 e. The van der Waals surface area contributed by atoms with Crippen LogP contribution in [-0.4, -0.2) is 0 Å². The zero-order chi connectivity index (χ0) is 10.6. The normalized spacial score (nSPS) is 8.57. The third-order valence-electron chi connectivity index (χ3n) is 2.08. The van der Waals surface area contributed by atoms with E-state index in [4.69, 9.17) is 10.5 Å². The molecule has 0 N–H and O–H groups in total. The average molecular weight is 182 g/mol. The molecule has 0 saturated carbocycles. The highest BCUT2D eigenvalue weighted by Crippen LogP contribution is 2.12. The van der Waals surface area contributed by atoms with Crippen LogP contribution in [0.1, 0.15) is 16.7 Å². The van der Waals surface area contributed by atoms with Gasteiger partial charge in [-0.25, -0.2) is 0 Å². The van der Waals surface area contributed by atoms with E-state index >= 15 is 0 Å².